The molecule has 3 rings (SSSR count). The SMILES string of the molecule is Cc1ccc(-c2cc(C(=O)N/N=C/c3ccc(F)cc3)n[nH]2)s1. The third-order valence-electron chi connectivity index (χ3n) is 3.07. The molecule has 0 atom stereocenters. The lowest BCUT2D eigenvalue weighted by Crippen LogP contribution is -2.17. The van der Waals surface area contributed by atoms with Crippen LogP contribution in [0.5, 0.6) is 0 Å². The summed E-state index contributed by atoms with van der Waals surface area (Å²) in [4.78, 5) is 14.2. The van der Waals surface area contributed by atoms with E-state index in [0.29, 0.717) is 5.56 Å². The van der Waals surface area contributed by atoms with Crippen molar-refractivity contribution in [1.29, 1.82) is 0 Å². The van der Waals surface area contributed by atoms with Gasteiger partial charge in [0, 0.05) is 4.88 Å². The number of amides is 1. The van der Waals surface area contributed by atoms with Crippen molar-refractivity contribution in [2.75, 3.05) is 0 Å². The van der Waals surface area contributed by atoms with E-state index >= 15 is 0 Å². The van der Waals surface area contributed by atoms with Crippen molar-refractivity contribution in [3.63, 3.8) is 0 Å². The summed E-state index contributed by atoms with van der Waals surface area (Å²) in [7, 11) is 0. The van der Waals surface area contributed by atoms with Crippen LogP contribution in [0.1, 0.15) is 20.9 Å². The second-order valence-electron chi connectivity index (χ2n) is 4.83. The Kier molecular flexibility index (Phi) is 4.29. The Morgan fingerprint density at radius 3 is 2.78 bits per heavy atom. The van der Waals surface area contributed by atoms with Gasteiger partial charge in [0.2, 0.25) is 0 Å². The lowest BCUT2D eigenvalue weighted by atomic mass is 10.2. The monoisotopic (exact) mass is 328 g/mol. The Morgan fingerprint density at radius 1 is 1.30 bits per heavy atom. The average molecular weight is 328 g/mol. The lowest BCUT2D eigenvalue weighted by molar-refractivity contribution is 0.0950. The molecule has 3 aromatic rings. The molecule has 0 aliphatic carbocycles. The highest BCUT2D eigenvalue weighted by Gasteiger charge is 2.11. The van der Waals surface area contributed by atoms with Gasteiger partial charge < -0.3 is 0 Å². The Morgan fingerprint density at radius 2 is 2.09 bits per heavy atom. The molecule has 0 unspecified atom stereocenters. The molecule has 0 aliphatic rings. The predicted octanol–water partition coefficient (Wildman–Crippen LogP) is 3.35. The number of carbonyl (C=O) groups is 1. The molecule has 0 saturated heterocycles. The molecule has 0 spiro atoms. The number of carbonyl (C=O) groups excluding carboxylic acids is 1. The summed E-state index contributed by atoms with van der Waals surface area (Å²) < 4.78 is 12.8. The van der Waals surface area contributed by atoms with Crippen molar-refractivity contribution < 1.29 is 9.18 Å². The van der Waals surface area contributed by atoms with Crippen LogP contribution in [0.2, 0.25) is 0 Å². The van der Waals surface area contributed by atoms with Gasteiger partial charge in [-0.2, -0.15) is 10.2 Å². The van der Waals surface area contributed by atoms with Crippen molar-refractivity contribution in [3.05, 3.63) is 64.4 Å². The zero-order valence-electron chi connectivity index (χ0n) is 12.2. The summed E-state index contributed by atoms with van der Waals surface area (Å²) in [5.41, 5.74) is 4.11. The molecular formula is C16H13FN4OS. The van der Waals surface area contributed by atoms with E-state index in [1.54, 1.807) is 29.5 Å². The van der Waals surface area contributed by atoms with E-state index in [9.17, 15) is 9.18 Å². The van der Waals surface area contributed by atoms with Gasteiger partial charge in [-0.15, -0.1) is 11.3 Å². The first kappa shape index (κ1) is 15.1. The first-order valence-corrected chi connectivity index (χ1v) is 7.64. The highest BCUT2D eigenvalue weighted by atomic mass is 32.1. The molecule has 0 radical (unpaired) electrons. The van der Waals surface area contributed by atoms with Crippen LogP contribution in [-0.4, -0.2) is 22.3 Å². The number of hydrogen-bond donors (Lipinski definition) is 2. The Hall–Kier alpha value is -2.80. The largest absolute Gasteiger partial charge is 0.291 e. The maximum Gasteiger partial charge on any atom is 0.291 e. The van der Waals surface area contributed by atoms with Gasteiger partial charge in [-0.05, 0) is 42.8 Å². The predicted molar refractivity (Wildman–Crippen MR) is 88.1 cm³/mol. The van der Waals surface area contributed by atoms with E-state index in [-0.39, 0.29) is 11.5 Å². The maximum absolute atomic E-state index is 12.8. The third kappa shape index (κ3) is 3.70. The van der Waals surface area contributed by atoms with Crippen molar-refractivity contribution in [1.82, 2.24) is 15.6 Å². The number of nitrogens with one attached hydrogen (secondary N) is 2. The molecule has 2 heterocycles. The number of aromatic amines is 1. The second kappa shape index (κ2) is 6.53. The van der Waals surface area contributed by atoms with E-state index in [2.05, 4.69) is 20.7 Å². The van der Waals surface area contributed by atoms with Gasteiger partial charge in [0.1, 0.15) is 5.82 Å². The number of H-pyrrole nitrogens is 1. The van der Waals surface area contributed by atoms with Crippen LogP contribution < -0.4 is 5.43 Å². The second-order valence-corrected chi connectivity index (χ2v) is 6.12. The molecule has 1 amide bonds. The topological polar surface area (TPSA) is 70.1 Å². The summed E-state index contributed by atoms with van der Waals surface area (Å²) in [5.74, 6) is -0.738. The molecule has 2 aromatic heterocycles. The normalized spacial score (nSPS) is 11.0. The molecule has 7 heteroatoms. The van der Waals surface area contributed by atoms with E-state index in [1.807, 2.05) is 19.1 Å². The summed E-state index contributed by atoms with van der Waals surface area (Å²) in [6.45, 7) is 2.02. The van der Waals surface area contributed by atoms with Crippen LogP contribution in [0.4, 0.5) is 4.39 Å². The first-order chi connectivity index (χ1) is 11.1. The average Bonchev–Trinajstić information content (AvgIpc) is 3.18. The highest BCUT2D eigenvalue weighted by molar-refractivity contribution is 7.15. The molecule has 116 valence electrons. The van der Waals surface area contributed by atoms with E-state index in [1.165, 1.54) is 23.2 Å². The van der Waals surface area contributed by atoms with Crippen molar-refractivity contribution >= 4 is 23.5 Å². The van der Waals surface area contributed by atoms with Crippen LogP contribution in [0.15, 0.2) is 47.6 Å². The third-order valence-corrected chi connectivity index (χ3v) is 4.10. The number of aromatic nitrogens is 2. The van der Waals surface area contributed by atoms with Gasteiger partial charge in [-0.3, -0.25) is 9.89 Å². The molecule has 0 saturated carbocycles. The number of aryl methyl sites for hydroxylation is 1. The van der Waals surface area contributed by atoms with Crippen molar-refractivity contribution in [3.8, 4) is 10.6 Å². The van der Waals surface area contributed by atoms with Crippen LogP contribution in [-0.2, 0) is 0 Å². The molecule has 1 aromatic carbocycles. The van der Waals surface area contributed by atoms with Crippen LogP contribution in [0.25, 0.3) is 10.6 Å². The standard InChI is InChI=1S/C16H13FN4OS/c1-10-2-7-15(23-10)13-8-14(20-19-13)16(22)21-18-9-11-3-5-12(17)6-4-11/h2-9H,1H3,(H,19,20)(H,21,22)/b18-9+. The van der Waals surface area contributed by atoms with Crippen molar-refractivity contribution in [2.45, 2.75) is 6.92 Å². The van der Waals surface area contributed by atoms with Crippen LogP contribution >= 0.6 is 11.3 Å². The molecule has 5 nitrogen and oxygen atoms in total. The highest BCUT2D eigenvalue weighted by Crippen LogP contribution is 2.26. The smallest absolute Gasteiger partial charge is 0.276 e. The maximum atomic E-state index is 12.8. The molecule has 2 N–H and O–H groups in total. The van der Waals surface area contributed by atoms with E-state index < -0.39 is 5.91 Å². The number of rotatable bonds is 4. The van der Waals surface area contributed by atoms with Crippen LogP contribution in [0, 0.1) is 12.7 Å². The van der Waals surface area contributed by atoms with Gasteiger partial charge in [-0.1, -0.05) is 12.1 Å². The zero-order valence-corrected chi connectivity index (χ0v) is 13.0. The van der Waals surface area contributed by atoms with Gasteiger partial charge in [0.25, 0.3) is 5.91 Å². The summed E-state index contributed by atoms with van der Waals surface area (Å²) in [6.07, 6.45) is 1.44. The Bertz CT molecular complexity index is 851. The van der Waals surface area contributed by atoms with Gasteiger partial charge in [-0.25, -0.2) is 9.82 Å². The van der Waals surface area contributed by atoms with Crippen LogP contribution in [0.3, 0.4) is 0 Å². The number of hydrogen-bond acceptors (Lipinski definition) is 4. The number of benzene rings is 1. The van der Waals surface area contributed by atoms with Gasteiger partial charge in [0.05, 0.1) is 16.8 Å². The minimum Gasteiger partial charge on any atom is -0.276 e. The summed E-state index contributed by atoms with van der Waals surface area (Å²) >= 11 is 1.62. The fourth-order valence-corrected chi connectivity index (χ4v) is 2.75. The Labute approximate surface area is 135 Å². The number of hydrazone groups is 1. The van der Waals surface area contributed by atoms with Gasteiger partial charge in [0.15, 0.2) is 5.69 Å². The molecule has 0 bridgehead atoms. The minimum absolute atomic E-state index is 0.252. The van der Waals surface area contributed by atoms with E-state index in [4.69, 9.17) is 0 Å². The van der Waals surface area contributed by atoms with E-state index in [0.717, 1.165) is 10.6 Å². The fourth-order valence-electron chi connectivity index (χ4n) is 1.92. The summed E-state index contributed by atoms with van der Waals surface area (Å²) in [5, 5.41) is 10.7. The molecule has 0 aliphatic heterocycles. The minimum atomic E-state index is -0.417. The quantitative estimate of drug-likeness (QED) is 0.569. The number of nitrogens with zero attached hydrogens (tertiary/aromatic N) is 2. The number of halogens is 1. The molecule has 23 heavy (non-hydrogen) atoms. The lowest BCUT2D eigenvalue weighted by Gasteiger charge is -1.95. The van der Waals surface area contributed by atoms with Gasteiger partial charge >= 0.3 is 0 Å². The fraction of sp³-hybridized carbons (Fsp3) is 0.0625. The Balaban J connectivity index is 1.64. The van der Waals surface area contributed by atoms with Crippen molar-refractivity contribution in [2.24, 2.45) is 5.10 Å². The first-order valence-electron chi connectivity index (χ1n) is 6.83. The number of thiophene rings is 1. The zero-order chi connectivity index (χ0) is 16.2. The molecule has 0 fully saturated rings. The molecular weight excluding hydrogens is 315 g/mol. The summed E-state index contributed by atoms with van der Waals surface area (Å²) in [6, 6.07) is 11.4.